The van der Waals surface area contributed by atoms with Gasteiger partial charge in [-0.1, -0.05) is 53.1 Å². The Labute approximate surface area is 230 Å². The number of aromatic nitrogens is 2. The number of phosphoric ester groups is 1. The fourth-order valence-electron chi connectivity index (χ4n) is 4.13. The highest BCUT2D eigenvalue weighted by molar-refractivity contribution is 7.49. The molecule has 0 radical (unpaired) electrons. The summed E-state index contributed by atoms with van der Waals surface area (Å²) in [6.07, 6.45) is -6.44. The van der Waals surface area contributed by atoms with Gasteiger partial charge in [-0.25, -0.2) is 18.1 Å². The zero-order chi connectivity index (χ0) is 31.1. The number of hydrogen-bond acceptors (Lipinski definition) is 9. The number of rotatable bonds is 4. The Morgan fingerprint density at radius 1 is 1.26 bits per heavy atom. The van der Waals surface area contributed by atoms with E-state index in [1.54, 1.807) is 46.5 Å². The molecule has 3 N–H and O–H groups in total. The number of fused-ring (bicyclic) bond motifs is 1. The summed E-state index contributed by atoms with van der Waals surface area (Å²) in [5.74, 6) is -4.90. The molecule has 2 aliphatic rings. The number of ether oxygens (including phenoxy) is 1. The largest absolute Gasteiger partial charge is 0.530 e. The number of halogens is 3. The lowest BCUT2D eigenvalue weighted by molar-refractivity contribution is -0.205. The Morgan fingerprint density at radius 2 is 1.87 bits per heavy atom. The van der Waals surface area contributed by atoms with E-state index in [1.807, 2.05) is 0 Å². The fourth-order valence-corrected chi connectivity index (χ4v) is 5.38. The Hall–Kier alpha value is -2.12. The summed E-state index contributed by atoms with van der Waals surface area (Å²) in [7, 11) is -5.09. The van der Waals surface area contributed by atoms with Crippen molar-refractivity contribution in [3.05, 3.63) is 60.6 Å². The third kappa shape index (κ3) is 5.46. The maximum atomic E-state index is 16.1. The molecule has 4 rings (SSSR count). The third-order valence-corrected chi connectivity index (χ3v) is 7.71. The van der Waals surface area contributed by atoms with Crippen LogP contribution in [0.4, 0.5) is 8.78 Å². The van der Waals surface area contributed by atoms with Crippen molar-refractivity contribution < 1.29 is 44.6 Å². The number of nitrogens with zero attached hydrogens (tertiary/aromatic N) is 1. The number of aliphatic hydroxyl groups is 2. The monoisotopic (exact) mass is 596 g/mol. The number of aliphatic hydroxyl groups excluding tert-OH is 2. The van der Waals surface area contributed by atoms with E-state index in [0.29, 0.717) is 21.9 Å². The smallest absolute Gasteiger partial charge is 0.403 e. The van der Waals surface area contributed by atoms with E-state index in [2.05, 4.69) is 0 Å². The van der Waals surface area contributed by atoms with Gasteiger partial charge >= 0.3 is 13.5 Å². The average molecular weight is 597 g/mol. The van der Waals surface area contributed by atoms with Gasteiger partial charge in [-0.2, -0.15) is 0 Å². The summed E-state index contributed by atoms with van der Waals surface area (Å²) in [5.41, 5.74) is -2.95. The van der Waals surface area contributed by atoms with Gasteiger partial charge in [-0.05, 0) is 22.5 Å². The fraction of sp³-hybridized carbons (Fsp3) is 0.583. The molecule has 39 heavy (non-hydrogen) atoms. The highest BCUT2D eigenvalue weighted by Gasteiger charge is 2.58. The quantitative estimate of drug-likeness (QED) is 0.450. The lowest BCUT2D eigenvalue weighted by Gasteiger charge is -2.34. The number of H-pyrrole nitrogens is 1. The van der Waals surface area contributed by atoms with Crippen LogP contribution in [-0.2, 0) is 35.8 Å². The summed E-state index contributed by atoms with van der Waals surface area (Å²) in [6.45, 7) is 6.16. The van der Waals surface area contributed by atoms with Gasteiger partial charge in [0.05, 0.1) is 14.9 Å². The molecule has 0 bridgehead atoms. The predicted octanol–water partition coefficient (Wildman–Crippen LogP) is 3.57. The van der Waals surface area contributed by atoms with E-state index >= 15 is 8.78 Å². The SMILES string of the molecule is [2H]C([2H])(OP1(=O)OCc2c(F)c(C(C)(C)C)cc(C(C)(C)C)c2O1)[C@@]1(F)O[C@@H](n2cc(Cl)c(=O)[nH]c2=O)[C@H](O)[C@@H]1O. The lowest BCUT2D eigenvalue weighted by Crippen LogP contribution is -2.43. The zero-order valence-electron chi connectivity index (χ0n) is 23.9. The van der Waals surface area contributed by atoms with Crippen LogP contribution in [0.15, 0.2) is 21.9 Å². The Kier molecular flexibility index (Phi) is 6.77. The van der Waals surface area contributed by atoms with Crippen LogP contribution in [0.2, 0.25) is 5.02 Å². The highest BCUT2D eigenvalue weighted by Crippen LogP contribution is 2.58. The van der Waals surface area contributed by atoms with E-state index in [0.717, 1.165) is 0 Å². The van der Waals surface area contributed by atoms with Crippen molar-refractivity contribution in [2.45, 2.75) is 83.3 Å². The molecule has 2 aromatic rings. The summed E-state index contributed by atoms with van der Waals surface area (Å²) >= 11 is 5.70. The van der Waals surface area contributed by atoms with E-state index in [4.69, 9.17) is 32.7 Å². The van der Waals surface area contributed by atoms with Crippen LogP contribution in [0.5, 0.6) is 5.75 Å². The third-order valence-electron chi connectivity index (χ3n) is 6.28. The maximum Gasteiger partial charge on any atom is 0.530 e. The molecule has 3 heterocycles. The van der Waals surface area contributed by atoms with Crippen LogP contribution in [0.1, 0.15) is 67.2 Å². The van der Waals surface area contributed by atoms with Crippen LogP contribution in [-0.4, -0.2) is 44.4 Å². The minimum absolute atomic E-state index is 0.102. The molecule has 1 saturated heterocycles. The Balaban J connectivity index is 1.71. The predicted molar refractivity (Wildman–Crippen MR) is 135 cm³/mol. The van der Waals surface area contributed by atoms with Crippen LogP contribution < -0.4 is 15.8 Å². The summed E-state index contributed by atoms with van der Waals surface area (Å²) < 4.78 is 82.3. The Morgan fingerprint density at radius 3 is 2.46 bits per heavy atom. The highest BCUT2D eigenvalue weighted by atomic mass is 35.5. The second kappa shape index (κ2) is 9.76. The molecule has 216 valence electrons. The van der Waals surface area contributed by atoms with E-state index in [1.165, 1.54) is 6.07 Å². The van der Waals surface area contributed by atoms with Gasteiger partial charge in [0, 0.05) is 11.8 Å². The number of nitrogens with one attached hydrogen (secondary N) is 1. The summed E-state index contributed by atoms with van der Waals surface area (Å²) in [4.78, 5) is 25.6. The number of benzene rings is 1. The van der Waals surface area contributed by atoms with Gasteiger partial charge in [0.2, 0.25) is 0 Å². The second-order valence-electron chi connectivity index (χ2n) is 11.3. The van der Waals surface area contributed by atoms with Gasteiger partial charge < -0.3 is 19.5 Å². The molecule has 1 aromatic carbocycles. The van der Waals surface area contributed by atoms with Crippen LogP contribution >= 0.6 is 19.4 Å². The molecule has 15 heteroatoms. The number of aromatic amines is 1. The first kappa shape index (κ1) is 27.1. The normalized spacial score (nSPS) is 30.4. The molecule has 2 aliphatic heterocycles. The van der Waals surface area contributed by atoms with Crippen molar-refractivity contribution in [2.75, 3.05) is 6.56 Å². The van der Waals surface area contributed by atoms with E-state index < -0.39 is 78.2 Å². The number of alkyl halides is 1. The Bertz CT molecular complexity index is 1560. The first-order valence-electron chi connectivity index (χ1n) is 12.8. The number of hydrogen-bond donors (Lipinski definition) is 3. The van der Waals surface area contributed by atoms with Crippen LogP contribution in [0.25, 0.3) is 0 Å². The molecule has 11 nitrogen and oxygen atoms in total. The van der Waals surface area contributed by atoms with Crippen molar-refractivity contribution in [3.63, 3.8) is 0 Å². The summed E-state index contributed by atoms with van der Waals surface area (Å²) in [6, 6.07) is 1.53. The van der Waals surface area contributed by atoms with Crippen LogP contribution in [0, 0.1) is 5.82 Å². The minimum Gasteiger partial charge on any atom is -0.403 e. The van der Waals surface area contributed by atoms with Gasteiger partial charge in [-0.15, -0.1) is 0 Å². The van der Waals surface area contributed by atoms with Crippen molar-refractivity contribution in [2.24, 2.45) is 0 Å². The van der Waals surface area contributed by atoms with E-state index in [-0.39, 0.29) is 11.3 Å². The molecular formula is C24H30ClF2N2O9P. The van der Waals surface area contributed by atoms with Gasteiger partial charge in [0.25, 0.3) is 11.4 Å². The molecule has 1 fully saturated rings. The van der Waals surface area contributed by atoms with Crippen LogP contribution in [0.3, 0.4) is 0 Å². The van der Waals surface area contributed by atoms with Crippen molar-refractivity contribution >= 4 is 19.4 Å². The van der Waals surface area contributed by atoms with Crippen molar-refractivity contribution in [3.8, 4) is 5.75 Å². The number of phosphoric acid groups is 1. The molecule has 1 unspecified atom stereocenters. The minimum atomic E-state index is -5.09. The molecule has 0 saturated carbocycles. The van der Waals surface area contributed by atoms with Gasteiger partial charge in [0.15, 0.2) is 6.23 Å². The first-order valence-corrected chi connectivity index (χ1v) is 13.6. The summed E-state index contributed by atoms with van der Waals surface area (Å²) in [5, 5.41) is 20.3. The molecule has 0 aliphatic carbocycles. The van der Waals surface area contributed by atoms with Crippen molar-refractivity contribution in [1.82, 2.24) is 9.55 Å². The van der Waals surface area contributed by atoms with Gasteiger partial charge in [-0.3, -0.25) is 23.4 Å². The lowest BCUT2D eigenvalue weighted by atomic mass is 9.78. The average Bonchev–Trinajstić information content (AvgIpc) is 3.04. The zero-order valence-corrected chi connectivity index (χ0v) is 23.5. The second-order valence-corrected chi connectivity index (χ2v) is 13.3. The topological polar surface area (TPSA) is 149 Å². The molecule has 5 atom stereocenters. The molecule has 1 aromatic heterocycles. The van der Waals surface area contributed by atoms with Crippen molar-refractivity contribution in [1.29, 1.82) is 0 Å². The molecule has 0 spiro atoms. The first-order chi connectivity index (χ1) is 18.5. The standard InChI is InChI=1S/C24H30ClF2N2O9P/c1-22(2,3)12-7-13(23(4,5)6)17-11(15(12)26)9-35-39(34,38-17)36-10-24(27)18(31)16(30)20(37-24)29-8-14(25)19(32)28-21(29)33/h7-8,16,18,20,30-31H,9-10H2,1-6H3,(H,28,32,33)/t16-,18+,20-,24-,39?/m1/s1/i10D2. The maximum absolute atomic E-state index is 16.1. The van der Waals surface area contributed by atoms with Gasteiger partial charge in [0.1, 0.15) is 35.4 Å². The van der Waals surface area contributed by atoms with E-state index in [9.17, 15) is 24.4 Å². The molecule has 0 amide bonds. The molecular weight excluding hydrogens is 565 g/mol.